The predicted molar refractivity (Wildman–Crippen MR) is 116 cm³/mol. The molecule has 2 aliphatic rings. The molecule has 30 heavy (non-hydrogen) atoms. The van der Waals surface area contributed by atoms with E-state index in [4.69, 9.17) is 9.72 Å². The van der Waals surface area contributed by atoms with Gasteiger partial charge in [-0.2, -0.15) is 0 Å². The maximum Gasteiger partial charge on any atom is 0.339 e. The van der Waals surface area contributed by atoms with Crippen LogP contribution in [0.5, 0.6) is 0 Å². The molecule has 0 radical (unpaired) electrons. The number of aromatic nitrogens is 1. The van der Waals surface area contributed by atoms with E-state index in [1.165, 1.54) is 7.11 Å². The molecule has 8 heteroatoms. The molecular weight excluding hydrogens is 382 g/mol. The monoisotopic (exact) mass is 409 g/mol. The van der Waals surface area contributed by atoms with Crippen molar-refractivity contribution in [2.45, 2.75) is 24.9 Å². The first-order valence-electron chi connectivity index (χ1n) is 10.2. The normalized spacial score (nSPS) is 21.5. The summed E-state index contributed by atoms with van der Waals surface area (Å²) in [7, 11) is 3.21. The highest BCUT2D eigenvalue weighted by Crippen LogP contribution is 2.31. The number of rotatable bonds is 1. The maximum absolute atomic E-state index is 12.7. The number of pyridine rings is 1. The van der Waals surface area contributed by atoms with Gasteiger partial charge in [0.15, 0.2) is 0 Å². The molecule has 1 aromatic carbocycles. The Kier molecular flexibility index (Phi) is 5.85. The molecule has 2 atom stereocenters. The van der Waals surface area contributed by atoms with E-state index in [0.29, 0.717) is 30.9 Å². The summed E-state index contributed by atoms with van der Waals surface area (Å²) in [6.45, 7) is 1.95. The van der Waals surface area contributed by atoms with Crippen LogP contribution in [0.1, 0.15) is 23.2 Å². The van der Waals surface area contributed by atoms with Crippen LogP contribution in [0.2, 0.25) is 0 Å². The van der Waals surface area contributed by atoms with Crippen molar-refractivity contribution < 1.29 is 14.3 Å². The molecule has 0 unspecified atom stereocenters. The fourth-order valence-corrected chi connectivity index (χ4v) is 4.05. The van der Waals surface area contributed by atoms with Gasteiger partial charge in [0.2, 0.25) is 5.91 Å². The Bertz CT molecular complexity index is 948. The number of carbonyl (C=O) groups is 2. The van der Waals surface area contributed by atoms with Crippen molar-refractivity contribution in [1.29, 1.82) is 0 Å². The first-order chi connectivity index (χ1) is 14.6. The number of para-hydroxylation sites is 1. The topological polar surface area (TPSA) is 95.6 Å². The number of anilines is 2. The van der Waals surface area contributed by atoms with E-state index in [1.807, 2.05) is 37.4 Å². The molecule has 1 fully saturated rings. The second kappa shape index (κ2) is 8.71. The fourth-order valence-electron chi connectivity index (χ4n) is 4.05. The minimum Gasteiger partial charge on any atom is -0.465 e. The number of nitrogens with one attached hydrogen (secondary N) is 3. The summed E-state index contributed by atoms with van der Waals surface area (Å²) >= 11 is 0. The van der Waals surface area contributed by atoms with E-state index in [9.17, 15) is 9.59 Å². The average Bonchev–Trinajstić information content (AvgIpc) is 3.23. The fraction of sp³-hybridized carbons (Fsp3) is 0.409. The van der Waals surface area contributed by atoms with Crippen molar-refractivity contribution in [3.8, 4) is 11.3 Å². The minimum absolute atomic E-state index is 0.103. The van der Waals surface area contributed by atoms with Crippen molar-refractivity contribution in [3.63, 3.8) is 0 Å². The van der Waals surface area contributed by atoms with Crippen LogP contribution in [0.3, 0.4) is 0 Å². The number of benzene rings is 1. The van der Waals surface area contributed by atoms with Gasteiger partial charge in [0, 0.05) is 38.3 Å². The largest absolute Gasteiger partial charge is 0.465 e. The highest BCUT2D eigenvalue weighted by atomic mass is 16.5. The molecule has 8 nitrogen and oxygen atoms in total. The van der Waals surface area contributed by atoms with E-state index in [2.05, 4.69) is 16.0 Å². The zero-order chi connectivity index (χ0) is 21.1. The zero-order valence-electron chi connectivity index (χ0n) is 17.3. The third-order valence-corrected chi connectivity index (χ3v) is 5.62. The molecular formula is C22H27N5O3. The Balaban J connectivity index is 1.74. The van der Waals surface area contributed by atoms with Crippen LogP contribution in [0.4, 0.5) is 11.5 Å². The first kappa shape index (κ1) is 20.2. The quantitative estimate of drug-likeness (QED) is 0.620. The number of methoxy groups -OCH3 is 1. The maximum atomic E-state index is 12.7. The third kappa shape index (κ3) is 4.09. The zero-order valence-corrected chi connectivity index (χ0v) is 17.3. The van der Waals surface area contributed by atoms with Gasteiger partial charge in [-0.05, 0) is 31.0 Å². The van der Waals surface area contributed by atoms with Crippen molar-refractivity contribution in [3.05, 3.63) is 42.0 Å². The minimum atomic E-state index is -0.401. The van der Waals surface area contributed by atoms with Crippen LogP contribution in [0.25, 0.3) is 11.3 Å². The van der Waals surface area contributed by atoms with Gasteiger partial charge in [0.1, 0.15) is 5.82 Å². The Labute approximate surface area is 176 Å². The van der Waals surface area contributed by atoms with Crippen LogP contribution < -0.4 is 16.0 Å². The molecule has 3 heterocycles. The molecule has 2 aliphatic heterocycles. The lowest BCUT2D eigenvalue weighted by Crippen LogP contribution is -2.42. The first-order valence-corrected chi connectivity index (χ1v) is 10.2. The molecule has 0 aliphatic carbocycles. The van der Waals surface area contributed by atoms with Gasteiger partial charge in [0.05, 0.1) is 30.1 Å². The van der Waals surface area contributed by atoms with Crippen LogP contribution in [-0.4, -0.2) is 67.6 Å². The number of fused-ring (bicyclic) bond motifs is 6. The summed E-state index contributed by atoms with van der Waals surface area (Å²) < 4.78 is 4.98. The van der Waals surface area contributed by atoms with Gasteiger partial charge < -0.3 is 25.6 Å². The molecule has 2 aromatic rings. The van der Waals surface area contributed by atoms with Gasteiger partial charge >= 0.3 is 5.97 Å². The highest BCUT2D eigenvalue weighted by molar-refractivity contribution is 6.00. The lowest BCUT2D eigenvalue weighted by molar-refractivity contribution is -0.131. The lowest BCUT2D eigenvalue weighted by atomic mass is 10.0. The predicted octanol–water partition coefficient (Wildman–Crippen LogP) is 1.95. The number of nitrogens with zero attached hydrogens (tertiary/aromatic N) is 2. The Morgan fingerprint density at radius 2 is 2.07 bits per heavy atom. The molecule has 1 aromatic heterocycles. The van der Waals surface area contributed by atoms with Gasteiger partial charge in [0.25, 0.3) is 0 Å². The van der Waals surface area contributed by atoms with Crippen molar-refractivity contribution in [2.75, 3.05) is 44.4 Å². The van der Waals surface area contributed by atoms with Crippen LogP contribution in [-0.2, 0) is 9.53 Å². The number of likely N-dealkylation sites (N-methyl/N-ethyl adjacent to an activating group) is 1. The average molecular weight is 409 g/mol. The smallest absolute Gasteiger partial charge is 0.339 e. The molecule has 1 amide bonds. The molecule has 158 valence electrons. The Morgan fingerprint density at radius 1 is 1.23 bits per heavy atom. The van der Waals surface area contributed by atoms with E-state index in [-0.39, 0.29) is 18.0 Å². The van der Waals surface area contributed by atoms with Crippen LogP contribution >= 0.6 is 0 Å². The van der Waals surface area contributed by atoms with E-state index in [1.54, 1.807) is 11.0 Å². The summed E-state index contributed by atoms with van der Waals surface area (Å²) in [5.74, 6) is 0.443. The number of hydrogen-bond acceptors (Lipinski definition) is 7. The molecule has 4 bridgehead atoms. The summed E-state index contributed by atoms with van der Waals surface area (Å²) in [5.41, 5.74) is 2.76. The second-order valence-corrected chi connectivity index (χ2v) is 7.71. The van der Waals surface area contributed by atoms with E-state index in [0.717, 1.165) is 29.9 Å². The van der Waals surface area contributed by atoms with Gasteiger partial charge in [-0.15, -0.1) is 0 Å². The lowest BCUT2D eigenvalue weighted by Gasteiger charge is -2.21. The molecule has 4 rings (SSSR count). The number of carbonyl (C=O) groups excluding carboxylic acids is 2. The molecule has 3 N–H and O–H groups in total. The van der Waals surface area contributed by atoms with Gasteiger partial charge in [-0.1, -0.05) is 18.2 Å². The number of hydrogen-bond donors (Lipinski definition) is 3. The standard InChI is InChI=1S/C22H27N5O3/c1-27-11-5-10-23-20-15(6-3-7-16(20)22(29)30-2)17-8-4-9-19(26-17)25-14-12-18(21(27)28)24-13-14/h3-4,6-9,14,18,23-24H,5,10-13H2,1-2H3,(H,25,26)/t14-,18-/m0/s1. The number of amides is 1. The van der Waals surface area contributed by atoms with Gasteiger partial charge in [-0.3, -0.25) is 4.79 Å². The summed E-state index contributed by atoms with van der Waals surface area (Å²) in [6.07, 6.45) is 1.47. The number of ether oxygens (including phenoxy) is 1. The van der Waals surface area contributed by atoms with Crippen LogP contribution in [0, 0.1) is 0 Å². The molecule has 0 saturated carbocycles. The number of esters is 1. The van der Waals surface area contributed by atoms with Crippen LogP contribution in [0.15, 0.2) is 36.4 Å². The van der Waals surface area contributed by atoms with Crippen molar-refractivity contribution >= 4 is 23.4 Å². The second-order valence-electron chi connectivity index (χ2n) is 7.71. The van der Waals surface area contributed by atoms with E-state index < -0.39 is 5.97 Å². The van der Waals surface area contributed by atoms with Gasteiger partial charge in [-0.25, -0.2) is 9.78 Å². The molecule has 0 spiro atoms. The van der Waals surface area contributed by atoms with Crippen molar-refractivity contribution in [1.82, 2.24) is 15.2 Å². The molecule has 1 saturated heterocycles. The highest BCUT2D eigenvalue weighted by Gasteiger charge is 2.31. The Hall–Kier alpha value is -3.13. The summed E-state index contributed by atoms with van der Waals surface area (Å²) in [5, 5.41) is 10.1. The third-order valence-electron chi connectivity index (χ3n) is 5.62. The van der Waals surface area contributed by atoms with Crippen molar-refractivity contribution in [2.24, 2.45) is 0 Å². The summed E-state index contributed by atoms with van der Waals surface area (Å²) in [4.78, 5) is 31.6. The SMILES string of the molecule is COC(=O)c1cccc2c1NCCCN(C)C(=O)[C@@H]1C[C@@H](CN1)Nc1cccc-2n1. The Morgan fingerprint density at radius 3 is 2.90 bits per heavy atom. The van der Waals surface area contributed by atoms with E-state index >= 15 is 0 Å². The summed E-state index contributed by atoms with van der Waals surface area (Å²) in [6, 6.07) is 11.3.